The van der Waals surface area contributed by atoms with Crippen LogP contribution in [0.2, 0.25) is 0 Å². The summed E-state index contributed by atoms with van der Waals surface area (Å²) in [6.45, 7) is 1.98. The third-order valence-corrected chi connectivity index (χ3v) is 3.48. The maximum Gasteiger partial charge on any atom is 0.335 e. The summed E-state index contributed by atoms with van der Waals surface area (Å²) in [5, 5.41) is 10.8. The third-order valence-electron chi connectivity index (χ3n) is 3.48. The smallest absolute Gasteiger partial charge is 0.335 e. The molecule has 0 unspecified atom stereocenters. The zero-order valence-electron chi connectivity index (χ0n) is 12.5. The van der Waals surface area contributed by atoms with Crippen LogP contribution in [0.25, 0.3) is 10.8 Å². The van der Waals surface area contributed by atoms with E-state index in [9.17, 15) is 9.90 Å². The fourth-order valence-electron chi connectivity index (χ4n) is 2.51. The first kappa shape index (κ1) is 15.0. The average Bonchev–Trinajstić information content (AvgIpc) is 2.51. The first-order valence-electron chi connectivity index (χ1n) is 6.56. The molecule has 2 aromatic carbocycles. The second-order valence-corrected chi connectivity index (χ2v) is 4.52. The molecule has 5 heteroatoms. The zero-order chi connectivity index (χ0) is 15.6. The Hall–Kier alpha value is -2.43. The molecule has 21 heavy (non-hydrogen) atoms. The van der Waals surface area contributed by atoms with Crippen molar-refractivity contribution < 1.29 is 24.1 Å². The summed E-state index contributed by atoms with van der Waals surface area (Å²) < 4.78 is 16.1. The number of hydrogen-bond acceptors (Lipinski definition) is 4. The minimum Gasteiger partial charge on any atom is -0.496 e. The number of benzene rings is 2. The third kappa shape index (κ3) is 2.46. The summed E-state index contributed by atoms with van der Waals surface area (Å²) in [5.74, 6) is 0.730. The van der Waals surface area contributed by atoms with E-state index in [4.69, 9.17) is 14.2 Å². The van der Waals surface area contributed by atoms with Crippen LogP contribution >= 0.6 is 0 Å². The molecule has 0 atom stereocenters. The van der Waals surface area contributed by atoms with E-state index in [-0.39, 0.29) is 5.56 Å². The molecule has 2 rings (SSSR count). The molecule has 0 aliphatic rings. The lowest BCUT2D eigenvalue weighted by Crippen LogP contribution is -2.01. The highest BCUT2D eigenvalue weighted by Crippen LogP contribution is 2.41. The number of aryl methyl sites for hydroxylation is 1. The van der Waals surface area contributed by atoms with Gasteiger partial charge in [-0.25, -0.2) is 4.79 Å². The number of hydrogen-bond donors (Lipinski definition) is 1. The summed E-state index contributed by atoms with van der Waals surface area (Å²) in [7, 11) is 4.66. The van der Waals surface area contributed by atoms with Crippen molar-refractivity contribution in [1.29, 1.82) is 0 Å². The van der Waals surface area contributed by atoms with Crippen molar-refractivity contribution in [3.8, 4) is 17.2 Å². The summed E-state index contributed by atoms with van der Waals surface area (Å²) in [4.78, 5) is 11.3. The Kier molecular flexibility index (Phi) is 4.21. The van der Waals surface area contributed by atoms with Crippen molar-refractivity contribution in [2.24, 2.45) is 0 Å². The van der Waals surface area contributed by atoms with E-state index in [0.29, 0.717) is 23.7 Å². The number of ether oxygens (including phenoxy) is 3. The quantitative estimate of drug-likeness (QED) is 0.916. The maximum atomic E-state index is 11.3. The number of carbonyl (C=O) groups is 1. The van der Waals surface area contributed by atoms with Gasteiger partial charge in [0.2, 0.25) is 0 Å². The van der Waals surface area contributed by atoms with Gasteiger partial charge in [-0.2, -0.15) is 0 Å². The van der Waals surface area contributed by atoms with Gasteiger partial charge in [0.15, 0.2) is 11.5 Å². The van der Waals surface area contributed by atoms with Crippen LogP contribution in [0.3, 0.4) is 0 Å². The van der Waals surface area contributed by atoms with Crippen molar-refractivity contribution in [3.05, 3.63) is 29.3 Å². The molecule has 0 aromatic heterocycles. The normalized spacial score (nSPS) is 10.5. The molecular weight excluding hydrogens is 272 g/mol. The fourth-order valence-corrected chi connectivity index (χ4v) is 2.51. The van der Waals surface area contributed by atoms with Gasteiger partial charge in [-0.3, -0.25) is 0 Å². The predicted molar refractivity (Wildman–Crippen MR) is 79.9 cm³/mol. The molecule has 1 N–H and O–H groups in total. The van der Waals surface area contributed by atoms with Gasteiger partial charge in [-0.05, 0) is 30.0 Å². The molecule has 112 valence electrons. The Bertz CT molecular complexity index is 691. The first-order valence-corrected chi connectivity index (χ1v) is 6.56. The highest BCUT2D eigenvalue weighted by molar-refractivity contribution is 6.00. The summed E-state index contributed by atoms with van der Waals surface area (Å²) in [6.07, 6.45) is 0.684. The van der Waals surface area contributed by atoms with E-state index in [0.717, 1.165) is 16.3 Å². The highest BCUT2D eigenvalue weighted by atomic mass is 16.5. The second kappa shape index (κ2) is 5.91. The van der Waals surface area contributed by atoms with Gasteiger partial charge >= 0.3 is 5.97 Å². The van der Waals surface area contributed by atoms with Gasteiger partial charge in [-0.15, -0.1) is 0 Å². The van der Waals surface area contributed by atoms with Crippen LogP contribution in [0.15, 0.2) is 18.2 Å². The molecule has 5 nitrogen and oxygen atoms in total. The first-order chi connectivity index (χ1) is 10.1. The minimum absolute atomic E-state index is 0.182. The minimum atomic E-state index is -0.993. The molecule has 0 saturated heterocycles. The lowest BCUT2D eigenvalue weighted by Gasteiger charge is -2.17. The molecule has 0 radical (unpaired) electrons. The van der Waals surface area contributed by atoms with Crippen molar-refractivity contribution >= 4 is 16.7 Å². The molecular formula is C16H18O5. The molecule has 2 aromatic rings. The topological polar surface area (TPSA) is 65.0 Å². The highest BCUT2D eigenvalue weighted by Gasteiger charge is 2.18. The Morgan fingerprint density at radius 2 is 1.67 bits per heavy atom. The van der Waals surface area contributed by atoms with E-state index >= 15 is 0 Å². The van der Waals surface area contributed by atoms with Gasteiger partial charge in [0.25, 0.3) is 0 Å². The van der Waals surface area contributed by atoms with E-state index < -0.39 is 5.97 Å². The van der Waals surface area contributed by atoms with Crippen LogP contribution < -0.4 is 14.2 Å². The largest absolute Gasteiger partial charge is 0.496 e. The van der Waals surface area contributed by atoms with E-state index in [1.54, 1.807) is 26.4 Å². The molecule has 0 bridgehead atoms. The standard InChI is InChI=1S/C16H18O5/c1-5-10-11-6-9(16(17)18)7-13(19-2)12(11)8-14(20-3)15(10)21-4/h6-8H,5H2,1-4H3,(H,17,18). The van der Waals surface area contributed by atoms with Crippen LogP contribution in [0.4, 0.5) is 0 Å². The Labute approximate surface area is 123 Å². The van der Waals surface area contributed by atoms with Gasteiger partial charge in [-0.1, -0.05) is 6.92 Å². The maximum absolute atomic E-state index is 11.3. The molecule has 0 heterocycles. The van der Waals surface area contributed by atoms with Crippen molar-refractivity contribution in [3.63, 3.8) is 0 Å². The Balaban J connectivity index is 2.94. The second-order valence-electron chi connectivity index (χ2n) is 4.52. The number of rotatable bonds is 5. The molecule has 0 fully saturated rings. The Morgan fingerprint density at radius 1 is 1.00 bits per heavy atom. The van der Waals surface area contributed by atoms with Crippen LogP contribution in [0.5, 0.6) is 17.2 Å². The van der Waals surface area contributed by atoms with Gasteiger partial charge in [0.1, 0.15) is 5.75 Å². The SMILES string of the molecule is CCc1c(OC)c(OC)cc2c(OC)cc(C(=O)O)cc12. The van der Waals surface area contributed by atoms with Crippen LogP contribution in [-0.2, 0) is 6.42 Å². The van der Waals surface area contributed by atoms with E-state index in [1.165, 1.54) is 13.2 Å². The van der Waals surface area contributed by atoms with Crippen molar-refractivity contribution in [1.82, 2.24) is 0 Å². The van der Waals surface area contributed by atoms with Gasteiger partial charge in [0.05, 0.1) is 26.9 Å². The number of carboxylic acids is 1. The summed E-state index contributed by atoms with van der Waals surface area (Å²) in [5.41, 5.74) is 1.08. The molecule has 0 saturated carbocycles. The molecule has 0 amide bonds. The van der Waals surface area contributed by atoms with E-state index in [2.05, 4.69) is 0 Å². The lowest BCUT2D eigenvalue weighted by molar-refractivity contribution is 0.0696. The number of fused-ring (bicyclic) bond motifs is 1. The van der Waals surface area contributed by atoms with Crippen molar-refractivity contribution in [2.75, 3.05) is 21.3 Å². The van der Waals surface area contributed by atoms with Crippen LogP contribution in [-0.4, -0.2) is 32.4 Å². The number of carboxylic acid groups (broad SMARTS) is 1. The number of aromatic carboxylic acids is 1. The molecule has 0 spiro atoms. The van der Waals surface area contributed by atoms with Gasteiger partial charge in [0, 0.05) is 10.9 Å². The Morgan fingerprint density at radius 3 is 2.14 bits per heavy atom. The molecule has 0 aliphatic heterocycles. The monoisotopic (exact) mass is 290 g/mol. The predicted octanol–water partition coefficient (Wildman–Crippen LogP) is 3.13. The summed E-state index contributed by atoms with van der Waals surface area (Å²) in [6, 6.07) is 4.95. The van der Waals surface area contributed by atoms with Crippen LogP contribution in [0, 0.1) is 0 Å². The zero-order valence-corrected chi connectivity index (χ0v) is 12.5. The lowest BCUT2D eigenvalue weighted by atomic mass is 9.97. The van der Waals surface area contributed by atoms with Crippen LogP contribution in [0.1, 0.15) is 22.8 Å². The summed E-state index contributed by atoms with van der Waals surface area (Å²) >= 11 is 0. The fraction of sp³-hybridized carbons (Fsp3) is 0.312. The average molecular weight is 290 g/mol. The molecule has 0 aliphatic carbocycles. The number of methoxy groups -OCH3 is 3. The van der Waals surface area contributed by atoms with Gasteiger partial charge < -0.3 is 19.3 Å². The van der Waals surface area contributed by atoms with E-state index in [1.807, 2.05) is 6.92 Å². The van der Waals surface area contributed by atoms with Crippen molar-refractivity contribution in [2.45, 2.75) is 13.3 Å².